The fourth-order valence-electron chi connectivity index (χ4n) is 1.46. The van der Waals surface area contributed by atoms with E-state index in [4.69, 9.17) is 5.11 Å². The maximum absolute atomic E-state index is 13.1. The molecule has 2 N–H and O–H groups in total. The SMILES string of the molecule is CN(C[C@@H](O)C(F)(F)F)C(=O)Nc1cc(F)ccc1OC(F)F. The second-order valence-electron chi connectivity index (χ2n) is 4.39. The molecule has 0 aliphatic heterocycles. The molecule has 1 rings (SSSR count). The Bertz CT molecular complexity index is 552. The van der Waals surface area contributed by atoms with Gasteiger partial charge in [0, 0.05) is 13.1 Å². The highest BCUT2D eigenvalue weighted by Crippen LogP contribution is 2.27. The minimum absolute atomic E-state index is 0.454. The third-order valence-corrected chi connectivity index (χ3v) is 2.57. The molecule has 0 saturated carbocycles. The van der Waals surface area contributed by atoms with Gasteiger partial charge in [0.15, 0.2) is 6.10 Å². The number of aliphatic hydroxyl groups excluding tert-OH is 1. The summed E-state index contributed by atoms with van der Waals surface area (Å²) in [5, 5.41) is 10.8. The predicted octanol–water partition coefficient (Wildman–Crippen LogP) is 2.81. The molecule has 0 aromatic heterocycles. The van der Waals surface area contributed by atoms with E-state index in [2.05, 4.69) is 4.74 Å². The van der Waals surface area contributed by atoms with E-state index in [9.17, 15) is 31.1 Å². The molecule has 0 saturated heterocycles. The largest absolute Gasteiger partial charge is 0.433 e. The molecule has 1 atom stereocenters. The Morgan fingerprint density at radius 2 is 2.00 bits per heavy atom. The van der Waals surface area contributed by atoms with Crippen LogP contribution < -0.4 is 10.1 Å². The fourth-order valence-corrected chi connectivity index (χ4v) is 1.46. The lowest BCUT2D eigenvalue weighted by molar-refractivity contribution is -0.205. The van der Waals surface area contributed by atoms with Crippen LogP contribution in [0.2, 0.25) is 0 Å². The average Bonchev–Trinajstić information content (AvgIpc) is 2.40. The normalized spacial score (nSPS) is 12.9. The van der Waals surface area contributed by atoms with Crippen molar-refractivity contribution in [1.82, 2.24) is 4.90 Å². The molecule has 0 radical (unpaired) electrons. The van der Waals surface area contributed by atoms with Gasteiger partial charge in [-0.2, -0.15) is 22.0 Å². The highest BCUT2D eigenvalue weighted by atomic mass is 19.4. The van der Waals surface area contributed by atoms with Crippen LogP contribution in [0, 0.1) is 5.82 Å². The van der Waals surface area contributed by atoms with Crippen LogP contribution in [0.15, 0.2) is 18.2 Å². The minimum Gasteiger partial charge on any atom is -0.433 e. The van der Waals surface area contributed by atoms with Gasteiger partial charge in [0.1, 0.15) is 11.6 Å². The number of nitrogens with zero attached hydrogens (tertiary/aromatic N) is 1. The van der Waals surface area contributed by atoms with E-state index in [1.54, 1.807) is 0 Å². The second-order valence-corrected chi connectivity index (χ2v) is 4.39. The smallest absolute Gasteiger partial charge is 0.416 e. The van der Waals surface area contributed by atoms with E-state index in [-0.39, 0.29) is 0 Å². The van der Waals surface area contributed by atoms with Crippen molar-refractivity contribution in [2.45, 2.75) is 18.9 Å². The van der Waals surface area contributed by atoms with E-state index in [0.29, 0.717) is 11.0 Å². The maximum atomic E-state index is 13.1. The van der Waals surface area contributed by atoms with Crippen LogP contribution in [0.4, 0.5) is 36.8 Å². The Labute approximate surface area is 126 Å². The summed E-state index contributed by atoms with van der Waals surface area (Å²) in [5.74, 6) is -1.46. The number of ether oxygens (including phenoxy) is 1. The van der Waals surface area contributed by atoms with Crippen LogP contribution in [0.1, 0.15) is 0 Å². The van der Waals surface area contributed by atoms with Crippen LogP contribution in [-0.4, -0.2) is 48.5 Å². The molecule has 130 valence electrons. The van der Waals surface area contributed by atoms with Crippen molar-refractivity contribution in [3.05, 3.63) is 24.0 Å². The number of hydrogen-bond acceptors (Lipinski definition) is 3. The molecule has 0 unspecified atom stereocenters. The quantitative estimate of drug-likeness (QED) is 0.806. The molecule has 23 heavy (non-hydrogen) atoms. The summed E-state index contributed by atoms with van der Waals surface area (Å²) < 4.78 is 78.2. The number of hydrogen-bond donors (Lipinski definition) is 2. The van der Waals surface area contributed by atoms with Gasteiger partial charge in [-0.25, -0.2) is 9.18 Å². The fraction of sp³-hybridized carbons (Fsp3) is 0.417. The summed E-state index contributed by atoms with van der Waals surface area (Å²) in [5.41, 5.74) is -0.497. The first kappa shape index (κ1) is 18.9. The Kier molecular flexibility index (Phi) is 6.07. The summed E-state index contributed by atoms with van der Waals surface area (Å²) in [6.07, 6.45) is -7.72. The molecule has 0 aliphatic rings. The summed E-state index contributed by atoms with van der Waals surface area (Å²) in [6.45, 7) is -4.35. The molecule has 0 aliphatic carbocycles. The van der Waals surface area contributed by atoms with Gasteiger partial charge < -0.3 is 20.1 Å². The van der Waals surface area contributed by atoms with Gasteiger partial charge in [-0.15, -0.1) is 0 Å². The van der Waals surface area contributed by atoms with E-state index in [1.807, 2.05) is 5.32 Å². The molecule has 1 aromatic carbocycles. The number of rotatable bonds is 5. The maximum Gasteiger partial charge on any atom is 0.416 e. The molecule has 5 nitrogen and oxygen atoms in total. The zero-order valence-corrected chi connectivity index (χ0v) is 11.6. The van der Waals surface area contributed by atoms with Gasteiger partial charge >= 0.3 is 18.8 Å². The van der Waals surface area contributed by atoms with E-state index in [1.165, 1.54) is 0 Å². The minimum atomic E-state index is -4.93. The van der Waals surface area contributed by atoms with Crippen LogP contribution in [0.3, 0.4) is 0 Å². The summed E-state index contributed by atoms with van der Waals surface area (Å²) >= 11 is 0. The molecular weight excluding hydrogens is 334 g/mol. The first-order chi connectivity index (χ1) is 10.5. The van der Waals surface area contributed by atoms with Crippen LogP contribution >= 0.6 is 0 Å². The van der Waals surface area contributed by atoms with E-state index < -0.39 is 48.7 Å². The Morgan fingerprint density at radius 3 is 2.52 bits per heavy atom. The summed E-state index contributed by atoms with van der Waals surface area (Å²) in [7, 11) is 0.928. The number of urea groups is 1. The van der Waals surface area contributed by atoms with Gasteiger partial charge in [0.2, 0.25) is 0 Å². The molecule has 1 aromatic rings. The highest BCUT2D eigenvalue weighted by Gasteiger charge is 2.39. The van der Waals surface area contributed by atoms with Crippen molar-refractivity contribution in [3.8, 4) is 5.75 Å². The van der Waals surface area contributed by atoms with Crippen molar-refractivity contribution >= 4 is 11.7 Å². The van der Waals surface area contributed by atoms with Crippen molar-refractivity contribution in [3.63, 3.8) is 0 Å². The van der Waals surface area contributed by atoms with Gasteiger partial charge in [-0.1, -0.05) is 0 Å². The molecule has 0 fully saturated rings. The molecule has 11 heteroatoms. The van der Waals surface area contributed by atoms with Crippen molar-refractivity contribution < 1.29 is 41.0 Å². The Morgan fingerprint density at radius 1 is 1.39 bits per heavy atom. The standard InChI is InChI=1S/C12H12F6N2O3/c1-20(5-9(21)12(16,17)18)11(22)19-7-4-6(13)2-3-8(7)23-10(14)15/h2-4,9-10,21H,5H2,1H3,(H,19,22)/t9-/m1/s1. The predicted molar refractivity (Wildman–Crippen MR) is 66.7 cm³/mol. The summed E-state index contributed by atoms with van der Waals surface area (Å²) in [4.78, 5) is 12.1. The number of nitrogens with one attached hydrogen (secondary N) is 1. The van der Waals surface area contributed by atoms with E-state index in [0.717, 1.165) is 19.2 Å². The monoisotopic (exact) mass is 346 g/mol. The van der Waals surface area contributed by atoms with Gasteiger partial charge in [0.25, 0.3) is 0 Å². The molecule has 0 spiro atoms. The molecular formula is C12H12F6N2O3. The first-order valence-corrected chi connectivity index (χ1v) is 6.02. The number of amides is 2. The number of anilines is 1. The van der Waals surface area contributed by atoms with Crippen molar-refractivity contribution in [2.24, 2.45) is 0 Å². The zero-order chi connectivity index (χ0) is 17.8. The van der Waals surface area contributed by atoms with Gasteiger partial charge in [0.05, 0.1) is 12.2 Å². The van der Waals surface area contributed by atoms with Gasteiger partial charge in [-0.3, -0.25) is 0 Å². The van der Waals surface area contributed by atoms with Crippen LogP contribution in [-0.2, 0) is 0 Å². The number of benzene rings is 1. The number of carbonyl (C=O) groups excluding carboxylic acids is 1. The number of halogens is 6. The number of carbonyl (C=O) groups is 1. The highest BCUT2D eigenvalue weighted by molar-refractivity contribution is 5.90. The molecule has 0 bridgehead atoms. The van der Waals surface area contributed by atoms with Crippen molar-refractivity contribution in [1.29, 1.82) is 0 Å². The average molecular weight is 346 g/mol. The number of likely N-dealkylation sites (N-methyl/N-ethyl adjacent to an activating group) is 1. The first-order valence-electron chi connectivity index (χ1n) is 6.02. The van der Waals surface area contributed by atoms with Crippen LogP contribution in [0.5, 0.6) is 5.75 Å². The molecule has 2 amide bonds. The lowest BCUT2D eigenvalue weighted by Gasteiger charge is -2.23. The number of alkyl halides is 5. The van der Waals surface area contributed by atoms with E-state index >= 15 is 0 Å². The lowest BCUT2D eigenvalue weighted by Crippen LogP contribution is -2.43. The second kappa shape index (κ2) is 7.40. The topological polar surface area (TPSA) is 61.8 Å². The molecule has 0 heterocycles. The zero-order valence-electron chi connectivity index (χ0n) is 11.6. The van der Waals surface area contributed by atoms with Gasteiger partial charge in [-0.05, 0) is 12.1 Å². The number of aliphatic hydroxyl groups is 1. The lowest BCUT2D eigenvalue weighted by atomic mass is 10.3. The third kappa shape index (κ3) is 5.85. The Balaban J connectivity index is 2.82. The van der Waals surface area contributed by atoms with Crippen molar-refractivity contribution in [2.75, 3.05) is 18.9 Å². The third-order valence-electron chi connectivity index (χ3n) is 2.57. The van der Waals surface area contributed by atoms with Crippen LogP contribution in [0.25, 0.3) is 0 Å². The summed E-state index contributed by atoms with van der Waals surface area (Å²) in [6, 6.07) is 1.09. The Hall–Kier alpha value is -2.17.